The number of amides is 2. The number of fused-ring (bicyclic) bond motifs is 1. The van der Waals surface area contributed by atoms with Gasteiger partial charge in [0.25, 0.3) is 11.8 Å². The summed E-state index contributed by atoms with van der Waals surface area (Å²) in [7, 11) is 0.0222. The molecule has 0 aliphatic carbocycles. The molecule has 38 heavy (non-hydrogen) atoms. The van der Waals surface area contributed by atoms with Crippen LogP contribution in [0, 0.1) is 0 Å². The minimum Gasteiger partial charge on any atom is -0.477 e. The van der Waals surface area contributed by atoms with Crippen LogP contribution in [0.15, 0.2) is 52.4 Å². The number of hydrogen-bond acceptors (Lipinski definition) is 11. The van der Waals surface area contributed by atoms with Gasteiger partial charge >= 0.3 is 13.7 Å². The van der Waals surface area contributed by atoms with Crippen molar-refractivity contribution in [2.75, 3.05) is 32.2 Å². The summed E-state index contributed by atoms with van der Waals surface area (Å²) in [5, 5.41) is 19.7. The normalized spacial score (nSPS) is 19.5. The van der Waals surface area contributed by atoms with E-state index in [1.807, 2.05) is 35.2 Å². The Balaban J connectivity index is 1.50. The lowest BCUT2D eigenvalue weighted by molar-refractivity contribution is -0.689. The van der Waals surface area contributed by atoms with Gasteiger partial charge in [-0.3, -0.25) is 28.6 Å². The van der Waals surface area contributed by atoms with E-state index in [2.05, 4.69) is 20.5 Å². The summed E-state index contributed by atoms with van der Waals surface area (Å²) in [6.07, 6.45) is 3.62. The lowest BCUT2D eigenvalue weighted by Gasteiger charge is -2.49. The van der Waals surface area contributed by atoms with Gasteiger partial charge in [0.1, 0.15) is 29.9 Å². The van der Waals surface area contributed by atoms with Crippen LogP contribution in [0.1, 0.15) is 5.69 Å². The van der Waals surface area contributed by atoms with Crippen molar-refractivity contribution in [2.24, 2.45) is 5.16 Å². The zero-order valence-corrected chi connectivity index (χ0v) is 22.9. The SMILES string of the molecule is CON=C(C(=O)NC1C(=O)N2C(C(=O)O)=C(C[n+]3ccccc3)CS[C@@H]12)c1csc(NP(=O)(OC)OC)n1. The molecule has 1 unspecified atom stereocenters. The molecule has 0 spiro atoms. The van der Waals surface area contributed by atoms with Crippen molar-refractivity contribution < 1.29 is 42.5 Å². The van der Waals surface area contributed by atoms with Crippen molar-refractivity contribution in [3.63, 3.8) is 0 Å². The van der Waals surface area contributed by atoms with Crippen molar-refractivity contribution in [3.8, 4) is 0 Å². The maximum Gasteiger partial charge on any atom is 0.433 e. The number of carboxylic acids is 1. The molecule has 2 aliphatic heterocycles. The van der Waals surface area contributed by atoms with Crippen LogP contribution < -0.4 is 15.0 Å². The molecule has 2 aromatic heterocycles. The first-order valence-corrected chi connectivity index (χ1v) is 14.4. The summed E-state index contributed by atoms with van der Waals surface area (Å²) in [6, 6.07) is 4.53. The van der Waals surface area contributed by atoms with E-state index >= 15 is 0 Å². The zero-order chi connectivity index (χ0) is 27.4. The van der Waals surface area contributed by atoms with E-state index < -0.39 is 36.9 Å². The molecule has 3 N–H and O–H groups in total. The molecule has 2 aromatic rings. The van der Waals surface area contributed by atoms with E-state index in [9.17, 15) is 24.1 Å². The van der Waals surface area contributed by atoms with Crippen LogP contribution in [0.4, 0.5) is 5.13 Å². The molecule has 14 nitrogen and oxygen atoms in total. The molecule has 4 heterocycles. The van der Waals surface area contributed by atoms with Gasteiger partial charge in [0, 0.05) is 43.1 Å². The van der Waals surface area contributed by atoms with Gasteiger partial charge in [0.05, 0.1) is 0 Å². The molecular formula is C21H24N6O8PS2+. The number of thiazole rings is 1. The van der Waals surface area contributed by atoms with Gasteiger partial charge in [-0.25, -0.2) is 18.9 Å². The molecule has 0 radical (unpaired) electrons. The molecule has 1 saturated heterocycles. The van der Waals surface area contributed by atoms with Gasteiger partial charge in [-0.15, -0.1) is 23.1 Å². The predicted octanol–water partition coefficient (Wildman–Crippen LogP) is 1.03. The number of carbonyl (C=O) groups excluding carboxylic acids is 2. The molecule has 0 saturated carbocycles. The monoisotopic (exact) mass is 583 g/mol. The van der Waals surface area contributed by atoms with E-state index in [-0.39, 0.29) is 22.2 Å². The van der Waals surface area contributed by atoms with Crippen molar-refractivity contribution in [1.82, 2.24) is 15.2 Å². The summed E-state index contributed by atoms with van der Waals surface area (Å²) in [4.78, 5) is 48.4. The highest BCUT2D eigenvalue weighted by molar-refractivity contribution is 8.00. The first kappa shape index (κ1) is 27.7. The molecule has 2 amide bonds. The average molecular weight is 584 g/mol. The topological polar surface area (TPSA) is 173 Å². The number of β-lactam (4-membered cyclic amide) rings is 1. The molecule has 1 fully saturated rings. The molecule has 202 valence electrons. The number of carboxylic acid groups (broad SMARTS) is 1. The Morgan fingerprint density at radius 1 is 1.26 bits per heavy atom. The largest absolute Gasteiger partial charge is 0.477 e. The molecule has 0 aromatic carbocycles. The van der Waals surface area contributed by atoms with Gasteiger partial charge in [-0.05, 0) is 0 Å². The van der Waals surface area contributed by atoms with Gasteiger partial charge in [-0.2, -0.15) is 0 Å². The molecule has 4 rings (SSSR count). The van der Waals surface area contributed by atoms with E-state index in [4.69, 9.17) is 13.9 Å². The third-order valence-corrected chi connectivity index (χ3v) is 9.24. The third kappa shape index (κ3) is 5.59. The van der Waals surface area contributed by atoms with Crippen LogP contribution in [0.3, 0.4) is 0 Å². The highest BCUT2D eigenvalue weighted by Gasteiger charge is 2.54. The van der Waals surface area contributed by atoms with Crippen LogP contribution in [-0.2, 0) is 39.4 Å². The molecule has 0 bridgehead atoms. The Bertz CT molecular complexity index is 1340. The number of thioether (sulfide) groups is 1. The van der Waals surface area contributed by atoms with Crippen molar-refractivity contribution in [3.05, 3.63) is 52.9 Å². The number of aromatic nitrogens is 2. The number of hydrogen-bond donors (Lipinski definition) is 3. The van der Waals surface area contributed by atoms with E-state index in [0.717, 1.165) is 11.3 Å². The van der Waals surface area contributed by atoms with Gasteiger partial charge in [0.15, 0.2) is 29.8 Å². The maximum absolute atomic E-state index is 13.1. The Morgan fingerprint density at radius 2 is 1.97 bits per heavy atom. The lowest BCUT2D eigenvalue weighted by Crippen LogP contribution is -2.71. The van der Waals surface area contributed by atoms with Crippen LogP contribution in [0.5, 0.6) is 0 Å². The van der Waals surface area contributed by atoms with Gasteiger partial charge < -0.3 is 15.3 Å². The smallest absolute Gasteiger partial charge is 0.433 e. The number of aliphatic carboxylic acids is 1. The maximum atomic E-state index is 13.1. The van der Waals surface area contributed by atoms with Crippen LogP contribution in [0.25, 0.3) is 0 Å². The second-order valence-corrected chi connectivity index (χ2v) is 11.7. The molecule has 17 heteroatoms. The van der Waals surface area contributed by atoms with Crippen molar-refractivity contribution in [1.29, 1.82) is 0 Å². The van der Waals surface area contributed by atoms with Crippen molar-refractivity contribution >= 4 is 59.5 Å². The van der Waals surface area contributed by atoms with Crippen LogP contribution in [0.2, 0.25) is 0 Å². The molecular weight excluding hydrogens is 559 g/mol. The Hall–Kier alpha value is -3.30. The van der Waals surface area contributed by atoms with E-state index in [1.165, 1.54) is 43.4 Å². The standard InChI is InChI=1S/C21H23N6O8PS2/c1-33-24-14(13-11-38-21(22-13)25-36(32,34-2)35-3)17(28)23-15-18(29)27-16(20(30)31)12(10-37-19(15)27)9-26-7-5-4-6-8-26/h4-8,11,15,19H,9-10H2,1-3H3,(H2-,22,23,25,28,30,31,32)/p+1/t15?,19-/m0/s1. The first-order valence-electron chi connectivity index (χ1n) is 10.9. The summed E-state index contributed by atoms with van der Waals surface area (Å²) < 4.78 is 23.8. The first-order chi connectivity index (χ1) is 18.2. The fourth-order valence-electron chi connectivity index (χ4n) is 3.79. The fourth-order valence-corrected chi connectivity index (χ4v) is 6.82. The van der Waals surface area contributed by atoms with E-state index in [1.54, 1.807) is 0 Å². The van der Waals surface area contributed by atoms with Crippen molar-refractivity contribution in [2.45, 2.75) is 18.0 Å². The second-order valence-electron chi connectivity index (χ2n) is 7.80. The number of carbonyl (C=O) groups is 3. The third-order valence-electron chi connectivity index (χ3n) is 5.54. The quantitative estimate of drug-likeness (QED) is 0.113. The Morgan fingerprint density at radius 3 is 2.61 bits per heavy atom. The summed E-state index contributed by atoms with van der Waals surface area (Å²) in [5.41, 5.74) is 0.358. The summed E-state index contributed by atoms with van der Waals surface area (Å²) >= 11 is 2.37. The summed E-state index contributed by atoms with van der Waals surface area (Å²) in [5.74, 6) is -2.16. The van der Waals surface area contributed by atoms with Gasteiger partial charge in [0.2, 0.25) is 0 Å². The minimum atomic E-state index is -3.62. The number of pyridine rings is 1. The number of nitrogens with one attached hydrogen (secondary N) is 2. The number of nitrogens with zero attached hydrogens (tertiary/aromatic N) is 4. The Labute approximate surface area is 225 Å². The minimum absolute atomic E-state index is 0.0812. The highest BCUT2D eigenvalue weighted by atomic mass is 32.2. The second kappa shape index (κ2) is 11.6. The van der Waals surface area contributed by atoms with Crippen LogP contribution in [-0.4, -0.2) is 77.0 Å². The lowest BCUT2D eigenvalue weighted by atomic mass is 10.0. The average Bonchev–Trinajstić information content (AvgIpc) is 3.37. The van der Waals surface area contributed by atoms with E-state index in [0.29, 0.717) is 17.9 Å². The predicted molar refractivity (Wildman–Crippen MR) is 137 cm³/mol. The summed E-state index contributed by atoms with van der Waals surface area (Å²) in [6.45, 7) is 0.312. The number of rotatable bonds is 11. The fraction of sp³-hybridized carbons (Fsp3) is 0.333. The zero-order valence-electron chi connectivity index (χ0n) is 20.4. The molecule has 2 atom stereocenters. The highest BCUT2D eigenvalue weighted by Crippen LogP contribution is 2.46. The van der Waals surface area contributed by atoms with Gasteiger partial charge in [-0.1, -0.05) is 11.2 Å². The van der Waals surface area contributed by atoms with Crippen LogP contribution >= 0.6 is 30.8 Å². The Kier molecular flexibility index (Phi) is 8.47. The number of oxime groups is 1. The molecule has 2 aliphatic rings. The number of anilines is 1.